The number of rotatable bonds is 15. The maximum atomic E-state index is 12.7. The van der Waals surface area contributed by atoms with Gasteiger partial charge in [0.1, 0.15) is 18.6 Å². The molecule has 3 unspecified atom stereocenters. The molecule has 1 rings (SSSR count). The van der Waals surface area contributed by atoms with E-state index >= 15 is 0 Å². The number of aromatic amines is 1. The van der Waals surface area contributed by atoms with Gasteiger partial charge in [-0.3, -0.25) is 24.0 Å². The molecule has 0 radical (unpaired) electrons. The Bertz CT molecular complexity index is 785. The molecule has 3 atom stereocenters. The summed E-state index contributed by atoms with van der Waals surface area (Å²) in [6.07, 6.45) is 3.45. The molecule has 1 heterocycles. The van der Waals surface area contributed by atoms with Gasteiger partial charge in [-0.2, -0.15) is 0 Å². The van der Waals surface area contributed by atoms with E-state index < -0.39 is 60.8 Å². The average Bonchev–Trinajstić information content (AvgIpc) is 3.23. The Morgan fingerprint density at radius 3 is 2.25 bits per heavy atom. The van der Waals surface area contributed by atoms with E-state index in [1.165, 1.54) is 12.5 Å². The highest BCUT2D eigenvalue weighted by Crippen LogP contribution is 2.03. The normalized spacial score (nSPS) is 13.4. The molecule has 1 aromatic heterocycles. The number of carboxylic acids is 2. The van der Waals surface area contributed by atoms with Gasteiger partial charge in [0.25, 0.3) is 0 Å². The number of carbonyl (C=O) groups excluding carboxylic acids is 3. The zero-order chi connectivity index (χ0) is 24.1. The smallest absolute Gasteiger partial charge is 0.322 e. The first-order valence-corrected chi connectivity index (χ1v) is 9.89. The molecule has 0 spiro atoms. The topological polar surface area (TPSA) is 243 Å². The predicted molar refractivity (Wildman–Crippen MR) is 110 cm³/mol. The number of hydrogen-bond donors (Lipinski definition) is 8. The third-order valence-electron chi connectivity index (χ3n) is 4.34. The van der Waals surface area contributed by atoms with Crippen molar-refractivity contribution in [2.24, 2.45) is 11.5 Å². The van der Waals surface area contributed by atoms with Gasteiger partial charge in [0, 0.05) is 18.3 Å². The largest absolute Gasteiger partial charge is 0.481 e. The second-order valence-electron chi connectivity index (χ2n) is 7.00. The van der Waals surface area contributed by atoms with Gasteiger partial charge in [0.05, 0.1) is 18.8 Å². The zero-order valence-corrected chi connectivity index (χ0v) is 17.4. The Balaban J connectivity index is 2.88. The van der Waals surface area contributed by atoms with Crippen molar-refractivity contribution in [3.63, 3.8) is 0 Å². The number of aromatic nitrogens is 2. The monoisotopic (exact) mass is 455 g/mol. The molecule has 32 heavy (non-hydrogen) atoms. The van der Waals surface area contributed by atoms with Gasteiger partial charge in [0.15, 0.2) is 0 Å². The molecular formula is C18H29N7O7. The molecule has 10 N–H and O–H groups in total. The third-order valence-corrected chi connectivity index (χ3v) is 4.34. The number of H-pyrrole nitrogens is 1. The van der Waals surface area contributed by atoms with Gasteiger partial charge in [-0.1, -0.05) is 6.42 Å². The minimum absolute atomic E-state index is 0.0798. The van der Waals surface area contributed by atoms with Crippen molar-refractivity contribution in [3.8, 4) is 0 Å². The second-order valence-corrected chi connectivity index (χ2v) is 7.00. The molecule has 0 aliphatic rings. The fourth-order valence-corrected chi connectivity index (χ4v) is 2.69. The summed E-state index contributed by atoms with van der Waals surface area (Å²) in [6, 6.07) is -3.73. The van der Waals surface area contributed by atoms with Gasteiger partial charge in [-0.15, -0.1) is 0 Å². The molecule has 1 aromatic rings. The number of carbonyl (C=O) groups is 5. The summed E-state index contributed by atoms with van der Waals surface area (Å²) in [4.78, 5) is 65.8. The van der Waals surface area contributed by atoms with Gasteiger partial charge >= 0.3 is 11.9 Å². The van der Waals surface area contributed by atoms with Gasteiger partial charge in [0.2, 0.25) is 17.7 Å². The molecule has 0 aliphatic carbocycles. The van der Waals surface area contributed by atoms with Crippen molar-refractivity contribution < 1.29 is 34.2 Å². The summed E-state index contributed by atoms with van der Waals surface area (Å²) in [5.41, 5.74) is 11.6. The maximum absolute atomic E-state index is 12.7. The highest BCUT2D eigenvalue weighted by Gasteiger charge is 2.30. The summed E-state index contributed by atoms with van der Waals surface area (Å²) < 4.78 is 0. The van der Waals surface area contributed by atoms with Crippen molar-refractivity contribution in [3.05, 3.63) is 18.2 Å². The number of amides is 3. The fraction of sp³-hybridized carbons (Fsp3) is 0.556. The van der Waals surface area contributed by atoms with E-state index in [1.807, 2.05) is 0 Å². The second kappa shape index (κ2) is 13.7. The van der Waals surface area contributed by atoms with E-state index in [0.717, 1.165) is 0 Å². The molecule has 0 aliphatic heterocycles. The molecule has 0 saturated heterocycles. The van der Waals surface area contributed by atoms with Crippen LogP contribution in [0.4, 0.5) is 0 Å². The molecule has 0 aromatic carbocycles. The fourth-order valence-electron chi connectivity index (χ4n) is 2.69. The predicted octanol–water partition coefficient (Wildman–Crippen LogP) is -2.95. The molecule has 14 heteroatoms. The number of carboxylic acid groups (broad SMARTS) is 2. The number of hydrogen-bond acceptors (Lipinski definition) is 8. The van der Waals surface area contributed by atoms with E-state index in [2.05, 4.69) is 25.9 Å². The lowest BCUT2D eigenvalue weighted by Crippen LogP contribution is -2.57. The van der Waals surface area contributed by atoms with Crippen LogP contribution >= 0.6 is 0 Å². The lowest BCUT2D eigenvalue weighted by molar-refractivity contribution is -0.141. The van der Waals surface area contributed by atoms with Crippen molar-refractivity contribution in [2.45, 2.75) is 50.2 Å². The van der Waals surface area contributed by atoms with Crippen LogP contribution in [0.2, 0.25) is 0 Å². The van der Waals surface area contributed by atoms with E-state index in [0.29, 0.717) is 31.5 Å². The van der Waals surface area contributed by atoms with Crippen LogP contribution in [0.5, 0.6) is 0 Å². The van der Waals surface area contributed by atoms with Crippen molar-refractivity contribution >= 4 is 29.7 Å². The summed E-state index contributed by atoms with van der Waals surface area (Å²) in [7, 11) is 0. The average molecular weight is 455 g/mol. The van der Waals surface area contributed by atoms with E-state index in [9.17, 15) is 24.0 Å². The van der Waals surface area contributed by atoms with E-state index in [1.54, 1.807) is 0 Å². The minimum Gasteiger partial charge on any atom is -0.481 e. The Labute approximate surface area is 183 Å². The standard InChI is InChI=1S/C18H29N7O7/c19-4-2-1-3-11(20)16(30)24-13(6-14(26)27)18(32)25-12(5-10-7-21-9-23-10)17(31)22-8-15(28)29/h7,9,11-13H,1-6,8,19-20H2,(H,21,23)(H,22,31)(H,24,30)(H,25,32)(H,26,27)(H,28,29). The Morgan fingerprint density at radius 1 is 1.00 bits per heavy atom. The van der Waals surface area contributed by atoms with Gasteiger partial charge in [-0.25, -0.2) is 4.98 Å². The van der Waals surface area contributed by atoms with Crippen LogP contribution in [0.3, 0.4) is 0 Å². The molecule has 3 amide bonds. The Morgan fingerprint density at radius 2 is 1.69 bits per heavy atom. The first kappa shape index (κ1) is 26.5. The lowest BCUT2D eigenvalue weighted by atomic mass is 10.1. The zero-order valence-electron chi connectivity index (χ0n) is 17.4. The highest BCUT2D eigenvalue weighted by molar-refractivity contribution is 5.95. The molecule has 0 bridgehead atoms. The van der Waals surface area contributed by atoms with Crippen LogP contribution in [0, 0.1) is 0 Å². The molecular weight excluding hydrogens is 426 g/mol. The summed E-state index contributed by atoms with van der Waals surface area (Å²) in [5.74, 6) is -5.12. The van der Waals surface area contributed by atoms with Crippen molar-refractivity contribution in [1.29, 1.82) is 0 Å². The summed E-state index contributed by atoms with van der Waals surface area (Å²) >= 11 is 0. The summed E-state index contributed by atoms with van der Waals surface area (Å²) in [5, 5.41) is 24.7. The quantitative estimate of drug-likeness (QED) is 0.125. The number of nitrogens with two attached hydrogens (primary N) is 2. The first-order chi connectivity index (χ1) is 15.1. The Kier molecular flexibility index (Phi) is 11.4. The third kappa shape index (κ3) is 9.99. The SMILES string of the molecule is NCCCCC(N)C(=O)NC(CC(=O)O)C(=O)NC(Cc1cnc[nH]1)C(=O)NCC(=O)O. The van der Waals surface area contributed by atoms with Crippen LogP contribution in [0.15, 0.2) is 12.5 Å². The van der Waals surface area contributed by atoms with Crippen LogP contribution in [-0.2, 0) is 30.4 Å². The van der Waals surface area contributed by atoms with E-state index in [-0.39, 0.29) is 6.42 Å². The van der Waals surface area contributed by atoms with E-state index in [4.69, 9.17) is 21.7 Å². The lowest BCUT2D eigenvalue weighted by Gasteiger charge is -2.23. The van der Waals surface area contributed by atoms with Crippen LogP contribution in [-0.4, -0.2) is 81.1 Å². The minimum atomic E-state index is -1.50. The number of imidazole rings is 1. The number of nitrogens with one attached hydrogen (secondary N) is 4. The van der Waals surface area contributed by atoms with Crippen LogP contribution < -0.4 is 27.4 Å². The molecule has 14 nitrogen and oxygen atoms in total. The molecule has 178 valence electrons. The number of aliphatic carboxylic acids is 2. The highest BCUT2D eigenvalue weighted by atomic mass is 16.4. The maximum Gasteiger partial charge on any atom is 0.322 e. The van der Waals surface area contributed by atoms with Crippen LogP contribution in [0.25, 0.3) is 0 Å². The Hall–Kier alpha value is -3.52. The number of nitrogens with zero attached hydrogens (tertiary/aromatic N) is 1. The van der Waals surface area contributed by atoms with Crippen LogP contribution in [0.1, 0.15) is 31.4 Å². The molecule has 0 fully saturated rings. The summed E-state index contributed by atoms with van der Waals surface area (Å²) in [6.45, 7) is -0.249. The first-order valence-electron chi connectivity index (χ1n) is 9.89. The molecule has 0 saturated carbocycles. The van der Waals surface area contributed by atoms with Crippen molar-refractivity contribution in [2.75, 3.05) is 13.1 Å². The number of unbranched alkanes of at least 4 members (excludes halogenated alkanes) is 1. The van der Waals surface area contributed by atoms with Gasteiger partial charge in [-0.05, 0) is 19.4 Å². The van der Waals surface area contributed by atoms with Gasteiger partial charge < -0.3 is 42.6 Å². The van der Waals surface area contributed by atoms with Crippen molar-refractivity contribution in [1.82, 2.24) is 25.9 Å².